The van der Waals surface area contributed by atoms with Crippen LogP contribution in [0.2, 0.25) is 0 Å². The highest BCUT2D eigenvalue weighted by Crippen LogP contribution is 2.46. The van der Waals surface area contributed by atoms with E-state index >= 15 is 0 Å². The monoisotopic (exact) mass is 363 g/mol. The fraction of sp³-hybridized carbons (Fsp3) is 0.458. The SMILES string of the molecule is CO[C@@H]1CCC[C@]12CCCN(C(=O)c1ccccc1-c1cccc(C)c1)C2. The third-order valence-electron chi connectivity index (χ3n) is 6.49. The fourth-order valence-electron chi connectivity index (χ4n) is 5.18. The summed E-state index contributed by atoms with van der Waals surface area (Å²) < 4.78 is 5.81. The van der Waals surface area contributed by atoms with Gasteiger partial charge in [0.15, 0.2) is 0 Å². The molecule has 2 aromatic carbocycles. The number of benzene rings is 2. The Balaban J connectivity index is 1.64. The average molecular weight is 364 g/mol. The number of amides is 1. The van der Waals surface area contributed by atoms with Crippen LogP contribution in [0, 0.1) is 12.3 Å². The van der Waals surface area contributed by atoms with Gasteiger partial charge in [-0.1, -0.05) is 54.4 Å². The van der Waals surface area contributed by atoms with Gasteiger partial charge in [0, 0.05) is 31.2 Å². The number of likely N-dealkylation sites (tertiary alicyclic amines) is 1. The molecule has 0 aromatic heterocycles. The second-order valence-electron chi connectivity index (χ2n) is 8.22. The minimum atomic E-state index is 0.154. The number of hydrogen-bond acceptors (Lipinski definition) is 2. The first-order valence-corrected chi connectivity index (χ1v) is 10.1. The van der Waals surface area contributed by atoms with Crippen molar-refractivity contribution in [3.8, 4) is 11.1 Å². The van der Waals surface area contributed by atoms with Crippen LogP contribution in [0.15, 0.2) is 48.5 Å². The van der Waals surface area contributed by atoms with Gasteiger partial charge in [-0.05, 0) is 49.8 Å². The molecule has 0 bridgehead atoms. The van der Waals surface area contributed by atoms with Gasteiger partial charge in [0.2, 0.25) is 0 Å². The van der Waals surface area contributed by atoms with E-state index in [0.29, 0.717) is 6.10 Å². The Hall–Kier alpha value is -2.13. The second kappa shape index (κ2) is 7.47. The molecule has 1 spiro atoms. The molecule has 1 aliphatic carbocycles. The number of carbonyl (C=O) groups is 1. The lowest BCUT2D eigenvalue weighted by Crippen LogP contribution is -2.49. The maximum Gasteiger partial charge on any atom is 0.254 e. The van der Waals surface area contributed by atoms with Crippen LogP contribution in [0.4, 0.5) is 0 Å². The Labute approximate surface area is 162 Å². The van der Waals surface area contributed by atoms with Gasteiger partial charge in [0.25, 0.3) is 5.91 Å². The number of aryl methyl sites for hydroxylation is 1. The fourth-order valence-corrected chi connectivity index (χ4v) is 5.18. The lowest BCUT2D eigenvalue weighted by Gasteiger charge is -2.43. The second-order valence-corrected chi connectivity index (χ2v) is 8.22. The van der Waals surface area contributed by atoms with Crippen LogP contribution in [0.25, 0.3) is 11.1 Å². The van der Waals surface area contributed by atoms with Crippen molar-refractivity contribution in [1.29, 1.82) is 0 Å². The molecule has 2 aliphatic rings. The number of ether oxygens (including phenoxy) is 1. The van der Waals surface area contributed by atoms with E-state index in [4.69, 9.17) is 4.74 Å². The molecule has 3 heteroatoms. The summed E-state index contributed by atoms with van der Waals surface area (Å²) in [6, 6.07) is 16.4. The van der Waals surface area contributed by atoms with Crippen molar-refractivity contribution in [2.45, 2.75) is 45.1 Å². The lowest BCUT2D eigenvalue weighted by molar-refractivity contribution is -0.0295. The predicted molar refractivity (Wildman–Crippen MR) is 109 cm³/mol. The van der Waals surface area contributed by atoms with Crippen molar-refractivity contribution in [2.75, 3.05) is 20.2 Å². The lowest BCUT2D eigenvalue weighted by atomic mass is 9.76. The number of rotatable bonds is 3. The molecule has 4 rings (SSSR count). The molecule has 1 heterocycles. The normalized spacial score (nSPS) is 25.1. The number of hydrogen-bond donors (Lipinski definition) is 0. The van der Waals surface area contributed by atoms with Crippen molar-refractivity contribution < 1.29 is 9.53 Å². The molecule has 1 aliphatic heterocycles. The summed E-state index contributed by atoms with van der Waals surface area (Å²) >= 11 is 0. The van der Waals surface area contributed by atoms with Crippen molar-refractivity contribution in [1.82, 2.24) is 4.90 Å². The molecule has 3 nitrogen and oxygen atoms in total. The van der Waals surface area contributed by atoms with Gasteiger partial charge in [-0.2, -0.15) is 0 Å². The van der Waals surface area contributed by atoms with E-state index in [1.54, 1.807) is 0 Å². The first-order chi connectivity index (χ1) is 13.1. The Kier molecular flexibility index (Phi) is 5.05. The van der Waals surface area contributed by atoms with Gasteiger partial charge < -0.3 is 9.64 Å². The number of nitrogens with zero attached hydrogens (tertiary/aromatic N) is 1. The molecular weight excluding hydrogens is 334 g/mol. The molecule has 0 radical (unpaired) electrons. The minimum absolute atomic E-state index is 0.154. The predicted octanol–water partition coefficient (Wildman–Crippen LogP) is 5.08. The van der Waals surface area contributed by atoms with E-state index in [-0.39, 0.29) is 11.3 Å². The Morgan fingerprint density at radius 3 is 2.74 bits per heavy atom. The van der Waals surface area contributed by atoms with Crippen LogP contribution >= 0.6 is 0 Å². The molecule has 1 saturated heterocycles. The number of methoxy groups -OCH3 is 1. The molecule has 0 N–H and O–H groups in total. The summed E-state index contributed by atoms with van der Waals surface area (Å²) in [7, 11) is 1.82. The van der Waals surface area contributed by atoms with Crippen molar-refractivity contribution in [3.05, 3.63) is 59.7 Å². The van der Waals surface area contributed by atoms with Crippen LogP contribution in [0.1, 0.15) is 48.0 Å². The van der Waals surface area contributed by atoms with E-state index < -0.39 is 0 Å². The number of carbonyl (C=O) groups excluding carboxylic acids is 1. The maximum atomic E-state index is 13.5. The zero-order chi connectivity index (χ0) is 18.9. The van der Waals surface area contributed by atoms with Crippen LogP contribution in [0.5, 0.6) is 0 Å². The third-order valence-corrected chi connectivity index (χ3v) is 6.49. The smallest absolute Gasteiger partial charge is 0.254 e. The Morgan fingerprint density at radius 1 is 1.11 bits per heavy atom. The van der Waals surface area contributed by atoms with Gasteiger partial charge in [-0.15, -0.1) is 0 Å². The molecule has 27 heavy (non-hydrogen) atoms. The van der Waals surface area contributed by atoms with Gasteiger partial charge in [-0.25, -0.2) is 0 Å². The quantitative estimate of drug-likeness (QED) is 0.761. The summed E-state index contributed by atoms with van der Waals surface area (Å²) in [5, 5.41) is 0. The minimum Gasteiger partial charge on any atom is -0.381 e. The van der Waals surface area contributed by atoms with E-state index in [0.717, 1.165) is 42.6 Å². The van der Waals surface area contributed by atoms with Crippen LogP contribution in [-0.4, -0.2) is 37.1 Å². The van der Waals surface area contributed by atoms with Gasteiger partial charge in [-0.3, -0.25) is 4.79 Å². The highest BCUT2D eigenvalue weighted by molar-refractivity contribution is 6.01. The van der Waals surface area contributed by atoms with Crippen molar-refractivity contribution >= 4 is 5.91 Å². The average Bonchev–Trinajstić information content (AvgIpc) is 3.09. The highest BCUT2D eigenvalue weighted by Gasteiger charge is 2.46. The number of piperidine rings is 1. The largest absolute Gasteiger partial charge is 0.381 e. The standard InChI is InChI=1S/C24H29NO2/c1-18-8-5-9-19(16-18)20-10-3-4-11-21(20)23(26)25-15-7-14-24(17-25)13-6-12-22(24)27-2/h3-5,8-11,16,22H,6-7,12-15,17H2,1-2H3/t22-,24-/m1/s1. The first-order valence-electron chi connectivity index (χ1n) is 10.1. The summed E-state index contributed by atoms with van der Waals surface area (Å²) in [6.07, 6.45) is 6.04. The van der Waals surface area contributed by atoms with E-state index in [1.165, 1.54) is 24.8 Å². The molecule has 2 fully saturated rings. The molecule has 1 saturated carbocycles. The summed E-state index contributed by atoms with van der Waals surface area (Å²) in [5.74, 6) is 0.160. The summed E-state index contributed by atoms with van der Waals surface area (Å²) in [6.45, 7) is 3.76. The van der Waals surface area contributed by atoms with Gasteiger partial charge in [0.05, 0.1) is 6.10 Å². The zero-order valence-electron chi connectivity index (χ0n) is 16.4. The zero-order valence-corrected chi connectivity index (χ0v) is 16.4. The molecule has 2 atom stereocenters. The van der Waals surface area contributed by atoms with Crippen LogP contribution in [0.3, 0.4) is 0 Å². The van der Waals surface area contributed by atoms with Crippen molar-refractivity contribution in [2.24, 2.45) is 5.41 Å². The van der Waals surface area contributed by atoms with E-state index in [9.17, 15) is 4.79 Å². The van der Waals surface area contributed by atoms with Crippen molar-refractivity contribution in [3.63, 3.8) is 0 Å². The van der Waals surface area contributed by atoms with Gasteiger partial charge >= 0.3 is 0 Å². The first kappa shape index (κ1) is 18.2. The van der Waals surface area contributed by atoms with Gasteiger partial charge in [0.1, 0.15) is 0 Å². The molecule has 142 valence electrons. The molecule has 1 amide bonds. The third kappa shape index (κ3) is 3.41. The Bertz CT molecular complexity index is 831. The molecule has 0 unspecified atom stereocenters. The van der Waals surface area contributed by atoms with E-state index in [1.807, 2.05) is 25.3 Å². The molecular formula is C24H29NO2. The maximum absolute atomic E-state index is 13.5. The van der Waals surface area contributed by atoms with Crippen LogP contribution in [-0.2, 0) is 4.74 Å². The highest BCUT2D eigenvalue weighted by atomic mass is 16.5. The van der Waals surface area contributed by atoms with E-state index in [2.05, 4.69) is 42.2 Å². The summed E-state index contributed by atoms with van der Waals surface area (Å²) in [4.78, 5) is 15.6. The topological polar surface area (TPSA) is 29.5 Å². The molecule has 2 aromatic rings. The Morgan fingerprint density at radius 2 is 1.93 bits per heavy atom. The van der Waals surface area contributed by atoms with Crippen LogP contribution < -0.4 is 0 Å². The summed E-state index contributed by atoms with van der Waals surface area (Å²) in [5.41, 5.74) is 4.32.